The van der Waals surface area contributed by atoms with Crippen LogP contribution in [0.1, 0.15) is 57.1 Å². The summed E-state index contributed by atoms with van der Waals surface area (Å²) in [5.74, 6) is 4.19. The van der Waals surface area contributed by atoms with Gasteiger partial charge in [0.2, 0.25) is 11.8 Å². The van der Waals surface area contributed by atoms with E-state index in [1.54, 1.807) is 13.0 Å². The molecule has 2 aromatic rings. The van der Waals surface area contributed by atoms with Crippen LogP contribution in [0.4, 0.5) is 5.82 Å². The molecule has 1 amide bonds. The first-order chi connectivity index (χ1) is 13.0. The van der Waals surface area contributed by atoms with Crippen LogP contribution in [-0.4, -0.2) is 26.5 Å². The molecular weight excluding hydrogens is 364 g/mol. The maximum Gasteiger partial charge on any atom is 0.277 e. The molecule has 8 heteroatoms. The van der Waals surface area contributed by atoms with Gasteiger partial charge in [-0.1, -0.05) is 16.9 Å². The van der Waals surface area contributed by atoms with Crippen molar-refractivity contribution >= 4 is 23.5 Å². The third-order valence-corrected chi connectivity index (χ3v) is 7.36. The van der Waals surface area contributed by atoms with Gasteiger partial charge in [0.1, 0.15) is 5.76 Å². The van der Waals surface area contributed by atoms with Crippen molar-refractivity contribution in [2.75, 3.05) is 5.32 Å². The lowest BCUT2D eigenvalue weighted by Crippen LogP contribution is -2.48. The van der Waals surface area contributed by atoms with Gasteiger partial charge in [-0.3, -0.25) is 4.79 Å². The average Bonchev–Trinajstić information content (AvgIpc) is 3.23. The highest BCUT2D eigenvalue weighted by Crippen LogP contribution is 2.60. The minimum atomic E-state index is -0.369. The monoisotopic (exact) mass is 388 g/mol. The summed E-state index contributed by atoms with van der Waals surface area (Å²) in [5.41, 5.74) is 0.0876. The summed E-state index contributed by atoms with van der Waals surface area (Å²) in [6.07, 6.45) is 7.71. The van der Waals surface area contributed by atoms with E-state index in [0.29, 0.717) is 16.8 Å². The molecule has 0 aliphatic heterocycles. The minimum absolute atomic E-state index is 0.0876. The van der Waals surface area contributed by atoms with Gasteiger partial charge >= 0.3 is 0 Å². The first-order valence-corrected chi connectivity index (χ1v) is 10.6. The van der Waals surface area contributed by atoms with Crippen molar-refractivity contribution in [2.45, 2.75) is 68.3 Å². The molecule has 4 fully saturated rings. The molecule has 144 valence electrons. The Hall–Kier alpha value is -1.83. The zero-order valence-electron chi connectivity index (χ0n) is 15.6. The van der Waals surface area contributed by atoms with E-state index >= 15 is 0 Å². The Kier molecular flexibility index (Phi) is 4.07. The molecule has 1 atom stereocenters. The fourth-order valence-electron chi connectivity index (χ4n) is 5.70. The van der Waals surface area contributed by atoms with Gasteiger partial charge in [-0.05, 0) is 70.1 Å². The van der Waals surface area contributed by atoms with Crippen LogP contribution in [0.15, 0.2) is 20.2 Å². The minimum Gasteiger partial charge on any atom is -0.415 e. The number of hydrogen-bond acceptors (Lipinski definition) is 7. The number of rotatable bonds is 5. The van der Waals surface area contributed by atoms with Crippen LogP contribution < -0.4 is 5.32 Å². The van der Waals surface area contributed by atoms with Crippen LogP contribution in [0, 0.1) is 24.7 Å². The van der Waals surface area contributed by atoms with E-state index in [-0.39, 0.29) is 16.6 Å². The van der Waals surface area contributed by atoms with Crippen LogP contribution in [0.25, 0.3) is 0 Å². The van der Waals surface area contributed by atoms with E-state index in [2.05, 4.69) is 20.7 Å². The Morgan fingerprint density at radius 2 is 1.89 bits per heavy atom. The van der Waals surface area contributed by atoms with Crippen LogP contribution in [0.2, 0.25) is 0 Å². The van der Waals surface area contributed by atoms with Gasteiger partial charge in [0.15, 0.2) is 5.82 Å². The van der Waals surface area contributed by atoms with Gasteiger partial charge in [-0.15, -0.1) is 10.2 Å². The number of nitrogens with one attached hydrogen (secondary N) is 1. The SMILES string of the molecule is Cc1cc(NC(=O)[C@@H](C)Sc2nnc(C34CC5CC(CC(C5)C3)C4)o2)no1. The fraction of sp³-hybridized carbons (Fsp3) is 0.684. The molecule has 4 bridgehead atoms. The summed E-state index contributed by atoms with van der Waals surface area (Å²) in [7, 11) is 0. The number of amides is 1. The highest BCUT2D eigenvalue weighted by molar-refractivity contribution is 8.00. The molecule has 1 N–H and O–H groups in total. The van der Waals surface area contributed by atoms with Gasteiger partial charge in [-0.2, -0.15) is 0 Å². The zero-order valence-corrected chi connectivity index (χ0v) is 16.4. The molecule has 2 heterocycles. The van der Waals surface area contributed by atoms with Crippen LogP contribution in [0.5, 0.6) is 0 Å². The first kappa shape index (κ1) is 17.3. The largest absolute Gasteiger partial charge is 0.415 e. The third kappa shape index (κ3) is 3.17. The molecule has 0 aromatic carbocycles. The lowest BCUT2D eigenvalue weighted by atomic mass is 9.49. The predicted molar refractivity (Wildman–Crippen MR) is 99.3 cm³/mol. The van der Waals surface area contributed by atoms with Crippen LogP contribution in [-0.2, 0) is 10.2 Å². The Bertz CT molecular complexity index is 825. The second-order valence-electron chi connectivity index (χ2n) is 8.64. The Labute approximate surface area is 162 Å². The molecular formula is C19H24N4O3S. The Balaban J connectivity index is 1.26. The molecule has 0 spiro atoms. The number of nitrogens with zero attached hydrogens (tertiary/aromatic N) is 3. The number of thioether (sulfide) groups is 1. The van der Waals surface area contributed by atoms with E-state index in [0.717, 1.165) is 23.6 Å². The second kappa shape index (κ2) is 6.36. The highest BCUT2D eigenvalue weighted by atomic mass is 32.2. The average molecular weight is 388 g/mol. The number of aromatic nitrogens is 3. The number of carbonyl (C=O) groups is 1. The number of aryl methyl sites for hydroxylation is 1. The van der Waals surface area contributed by atoms with Crippen LogP contribution in [0.3, 0.4) is 0 Å². The van der Waals surface area contributed by atoms with Crippen molar-refractivity contribution in [2.24, 2.45) is 17.8 Å². The third-order valence-electron chi connectivity index (χ3n) is 6.42. The number of hydrogen-bond donors (Lipinski definition) is 1. The summed E-state index contributed by atoms with van der Waals surface area (Å²) < 4.78 is 11.0. The van der Waals surface area contributed by atoms with E-state index in [1.807, 2.05) is 6.92 Å². The quantitative estimate of drug-likeness (QED) is 0.775. The van der Waals surface area contributed by atoms with E-state index < -0.39 is 0 Å². The van der Waals surface area contributed by atoms with Gasteiger partial charge in [0.05, 0.1) is 5.25 Å². The molecule has 2 aromatic heterocycles. The smallest absolute Gasteiger partial charge is 0.277 e. The normalized spacial score (nSPS) is 32.6. The number of anilines is 1. The molecule has 0 radical (unpaired) electrons. The lowest BCUT2D eigenvalue weighted by molar-refractivity contribution is -0.115. The number of carbonyl (C=O) groups excluding carboxylic acids is 1. The van der Waals surface area contributed by atoms with Crippen molar-refractivity contribution in [3.05, 3.63) is 17.7 Å². The maximum atomic E-state index is 12.4. The summed E-state index contributed by atoms with van der Waals surface area (Å²) >= 11 is 1.29. The molecule has 7 nitrogen and oxygen atoms in total. The topological polar surface area (TPSA) is 94.1 Å². The molecule has 4 aliphatic rings. The van der Waals surface area contributed by atoms with Gasteiger partial charge in [0.25, 0.3) is 5.22 Å². The summed E-state index contributed by atoms with van der Waals surface area (Å²) in [6, 6.07) is 1.69. The van der Waals surface area contributed by atoms with E-state index in [4.69, 9.17) is 8.94 Å². The molecule has 6 rings (SSSR count). The lowest BCUT2D eigenvalue weighted by Gasteiger charge is -2.55. The van der Waals surface area contributed by atoms with Crippen LogP contribution >= 0.6 is 11.8 Å². The van der Waals surface area contributed by atoms with Crippen molar-refractivity contribution in [3.8, 4) is 0 Å². The summed E-state index contributed by atoms with van der Waals surface area (Å²) in [5, 5.41) is 15.3. The van der Waals surface area contributed by atoms with Gasteiger partial charge in [0, 0.05) is 11.5 Å². The standard InChI is InChI=1S/C19H24N4O3S/c1-10-3-15(23-26-10)20-16(24)11(2)27-18-22-21-17(25-18)19-7-12-4-13(8-19)6-14(5-12)9-19/h3,11-14H,4-9H2,1-2H3,(H,20,23,24)/t11-,12?,13?,14?,19?/m1/s1. The van der Waals surface area contributed by atoms with Crippen molar-refractivity contribution in [1.29, 1.82) is 0 Å². The second-order valence-corrected chi connectivity index (χ2v) is 9.94. The molecule has 27 heavy (non-hydrogen) atoms. The molecule has 4 aliphatic carbocycles. The maximum absolute atomic E-state index is 12.4. The first-order valence-electron chi connectivity index (χ1n) is 9.74. The zero-order chi connectivity index (χ0) is 18.6. The predicted octanol–water partition coefficient (Wildman–Crippen LogP) is 3.95. The van der Waals surface area contributed by atoms with Gasteiger partial charge < -0.3 is 14.3 Å². The van der Waals surface area contributed by atoms with E-state index in [1.165, 1.54) is 50.3 Å². The van der Waals surface area contributed by atoms with Gasteiger partial charge in [-0.25, -0.2) is 0 Å². The molecule has 0 saturated heterocycles. The summed E-state index contributed by atoms with van der Waals surface area (Å²) in [4.78, 5) is 12.4. The highest BCUT2D eigenvalue weighted by Gasteiger charge is 2.54. The summed E-state index contributed by atoms with van der Waals surface area (Å²) in [6.45, 7) is 3.60. The van der Waals surface area contributed by atoms with Crippen molar-refractivity contribution < 1.29 is 13.7 Å². The fourth-order valence-corrected chi connectivity index (χ4v) is 6.39. The van der Waals surface area contributed by atoms with Crippen molar-refractivity contribution in [3.63, 3.8) is 0 Å². The Morgan fingerprint density at radius 1 is 1.22 bits per heavy atom. The van der Waals surface area contributed by atoms with E-state index in [9.17, 15) is 4.79 Å². The van der Waals surface area contributed by atoms with Crippen molar-refractivity contribution in [1.82, 2.24) is 15.4 Å². The molecule has 0 unspecified atom stereocenters. The Morgan fingerprint density at radius 3 is 2.48 bits per heavy atom. The molecule has 4 saturated carbocycles.